The molecule has 37 heavy (non-hydrogen) atoms. The van der Waals surface area contributed by atoms with E-state index in [4.69, 9.17) is 9.84 Å². The molecule has 0 spiro atoms. The summed E-state index contributed by atoms with van der Waals surface area (Å²) in [5.41, 5.74) is 0.509. The van der Waals surface area contributed by atoms with Gasteiger partial charge in [0, 0.05) is 13.0 Å². The lowest BCUT2D eigenvalue weighted by Crippen LogP contribution is -2.62. The molecule has 0 amide bonds. The second kappa shape index (κ2) is 12.3. The number of ether oxygens (including phenoxy) is 1. The topological polar surface area (TPSA) is 87.0 Å². The molecule has 11 atom stereocenters. The van der Waals surface area contributed by atoms with Crippen LogP contribution in [0.15, 0.2) is 0 Å². The largest absolute Gasteiger partial charge is 0.466 e. The molecule has 3 N–H and O–H groups in total. The minimum Gasteiger partial charge on any atom is -0.466 e. The predicted octanol–water partition coefficient (Wildman–Crippen LogP) is 6.13. The Balaban J connectivity index is 1.36. The van der Waals surface area contributed by atoms with Gasteiger partial charge in [-0.15, -0.1) is 0 Å². The van der Waals surface area contributed by atoms with Crippen molar-refractivity contribution in [3.8, 4) is 0 Å². The highest BCUT2D eigenvalue weighted by Gasteiger charge is 2.64. The first-order valence-electron chi connectivity index (χ1n) is 15.8. The van der Waals surface area contributed by atoms with E-state index in [1.165, 1.54) is 25.7 Å². The van der Waals surface area contributed by atoms with Crippen molar-refractivity contribution in [2.75, 3.05) is 13.2 Å². The number of hydrogen-bond acceptors (Lipinski definition) is 5. The normalized spacial score (nSPS) is 44.0. The van der Waals surface area contributed by atoms with Crippen molar-refractivity contribution in [3.63, 3.8) is 0 Å². The van der Waals surface area contributed by atoms with Crippen molar-refractivity contribution in [2.45, 2.75) is 130 Å². The van der Waals surface area contributed by atoms with Crippen LogP contribution in [0, 0.1) is 52.3 Å². The number of carbonyl (C=O) groups excluding carboxylic acids is 1. The zero-order chi connectivity index (χ0) is 26.8. The van der Waals surface area contributed by atoms with Gasteiger partial charge in [-0.25, -0.2) is 0 Å². The van der Waals surface area contributed by atoms with Gasteiger partial charge in [0.2, 0.25) is 0 Å². The van der Waals surface area contributed by atoms with Crippen LogP contribution in [0.2, 0.25) is 0 Å². The molecule has 0 unspecified atom stereocenters. The van der Waals surface area contributed by atoms with Gasteiger partial charge in [0.1, 0.15) is 0 Å². The predicted molar refractivity (Wildman–Crippen MR) is 147 cm³/mol. The Hall–Kier alpha value is -0.650. The van der Waals surface area contributed by atoms with Gasteiger partial charge in [-0.2, -0.15) is 0 Å². The summed E-state index contributed by atoms with van der Waals surface area (Å²) in [6.45, 7) is 10.4. The highest BCUT2D eigenvalue weighted by molar-refractivity contribution is 5.69. The molecule has 214 valence electrons. The van der Waals surface area contributed by atoms with Crippen LogP contribution in [0.5, 0.6) is 0 Å². The number of esters is 1. The minimum absolute atomic E-state index is 0.0800. The molecule has 0 saturated heterocycles. The first kappa shape index (κ1) is 29.3. The highest BCUT2D eigenvalue weighted by atomic mass is 16.5. The molecular formula is C32H56O5. The number of aliphatic hydroxyl groups is 3. The van der Waals surface area contributed by atoms with Crippen molar-refractivity contribution in [3.05, 3.63) is 0 Å². The fraction of sp³-hybridized carbons (Fsp3) is 0.969. The Bertz CT molecular complexity index is 755. The van der Waals surface area contributed by atoms with Gasteiger partial charge in [-0.3, -0.25) is 4.79 Å². The van der Waals surface area contributed by atoms with E-state index in [0.717, 1.165) is 57.8 Å². The minimum atomic E-state index is -0.240. The lowest BCUT2D eigenvalue weighted by atomic mass is 9.41. The molecule has 0 radical (unpaired) electrons. The van der Waals surface area contributed by atoms with Crippen LogP contribution in [0.1, 0.15) is 118 Å². The number of fused-ring (bicyclic) bond motifs is 5. The van der Waals surface area contributed by atoms with Crippen LogP contribution in [-0.2, 0) is 9.53 Å². The van der Waals surface area contributed by atoms with Crippen LogP contribution in [0.3, 0.4) is 0 Å². The standard InChI is InChI=1S/C32H56O5/c1-5-23-27-20-22(34)13-16-32(27,4)26-14-17-31(3)24(11-12-25(31)29(26)30(23)36)21(2)15-19-37-28(35)10-8-6-7-9-18-33/h21-27,29-30,33-34,36H,5-20H2,1-4H3/t21-,22-,23-,24-,25+,26+,27+,29+,30-,31-,32-/m1/s1. The fourth-order valence-electron chi connectivity index (χ4n) is 10.3. The zero-order valence-electron chi connectivity index (χ0n) is 24.2. The highest BCUT2D eigenvalue weighted by Crippen LogP contribution is 2.69. The summed E-state index contributed by atoms with van der Waals surface area (Å²) in [4.78, 5) is 12.2. The molecule has 5 nitrogen and oxygen atoms in total. The third-order valence-corrected chi connectivity index (χ3v) is 12.3. The number of unbranched alkanes of at least 4 members (excludes halogenated alkanes) is 3. The first-order chi connectivity index (χ1) is 17.7. The van der Waals surface area contributed by atoms with Crippen molar-refractivity contribution >= 4 is 5.97 Å². The summed E-state index contributed by atoms with van der Waals surface area (Å²) < 4.78 is 5.61. The van der Waals surface area contributed by atoms with Crippen LogP contribution in [-0.4, -0.2) is 46.7 Å². The summed E-state index contributed by atoms with van der Waals surface area (Å²) in [5, 5.41) is 31.2. The maximum atomic E-state index is 12.2. The van der Waals surface area contributed by atoms with E-state index in [-0.39, 0.29) is 35.6 Å². The lowest BCUT2D eigenvalue weighted by molar-refractivity contribution is -0.203. The summed E-state index contributed by atoms with van der Waals surface area (Å²) in [6.07, 6.45) is 13.4. The maximum Gasteiger partial charge on any atom is 0.305 e. The number of rotatable bonds is 11. The molecule has 4 fully saturated rings. The number of hydrogen-bond donors (Lipinski definition) is 3. The molecule has 4 aliphatic carbocycles. The van der Waals surface area contributed by atoms with Crippen molar-refractivity contribution in [1.82, 2.24) is 0 Å². The van der Waals surface area contributed by atoms with Gasteiger partial charge < -0.3 is 20.1 Å². The zero-order valence-corrected chi connectivity index (χ0v) is 24.2. The maximum absolute atomic E-state index is 12.2. The molecule has 4 saturated carbocycles. The summed E-state index contributed by atoms with van der Waals surface area (Å²) in [6, 6.07) is 0. The molecule has 0 aromatic rings. The van der Waals surface area contributed by atoms with Crippen LogP contribution >= 0.6 is 0 Å². The van der Waals surface area contributed by atoms with E-state index in [2.05, 4.69) is 27.7 Å². The summed E-state index contributed by atoms with van der Waals surface area (Å²) in [5.74, 6) is 3.36. The van der Waals surface area contributed by atoms with Gasteiger partial charge in [0.25, 0.3) is 0 Å². The molecular weight excluding hydrogens is 464 g/mol. The van der Waals surface area contributed by atoms with Crippen molar-refractivity contribution < 1.29 is 24.9 Å². The quantitative estimate of drug-likeness (QED) is 0.225. The molecule has 0 bridgehead atoms. The Morgan fingerprint density at radius 3 is 2.38 bits per heavy atom. The summed E-state index contributed by atoms with van der Waals surface area (Å²) >= 11 is 0. The van der Waals surface area contributed by atoms with E-state index >= 15 is 0 Å². The summed E-state index contributed by atoms with van der Waals surface area (Å²) in [7, 11) is 0. The second-order valence-corrected chi connectivity index (χ2v) is 14.0. The van der Waals surface area contributed by atoms with Gasteiger partial charge in [0.05, 0.1) is 18.8 Å². The van der Waals surface area contributed by atoms with Crippen LogP contribution in [0.4, 0.5) is 0 Å². The Kier molecular flexibility index (Phi) is 9.71. The van der Waals surface area contributed by atoms with E-state index in [1.807, 2.05) is 0 Å². The lowest BCUT2D eigenvalue weighted by Gasteiger charge is -2.64. The van der Waals surface area contributed by atoms with Gasteiger partial charge in [-0.05, 0) is 116 Å². The first-order valence-corrected chi connectivity index (χ1v) is 15.8. The molecule has 0 aliphatic heterocycles. The van der Waals surface area contributed by atoms with Gasteiger partial charge in [0.15, 0.2) is 0 Å². The van der Waals surface area contributed by atoms with E-state index < -0.39 is 0 Å². The van der Waals surface area contributed by atoms with E-state index in [1.54, 1.807) is 0 Å². The Morgan fingerprint density at radius 2 is 1.65 bits per heavy atom. The van der Waals surface area contributed by atoms with Gasteiger partial charge >= 0.3 is 5.97 Å². The molecule has 5 heteroatoms. The SMILES string of the molecule is CC[C@H]1[C@@H](O)[C@@H]2[C@H](CC[C@]3(C)[C@@H]([C@H](C)CCOC(=O)CCCCCCO)CC[C@@H]23)[C@@]2(C)CC[C@@H](O)C[C@@H]12. The Morgan fingerprint density at radius 1 is 0.946 bits per heavy atom. The van der Waals surface area contributed by atoms with Gasteiger partial charge in [-0.1, -0.05) is 47.0 Å². The smallest absolute Gasteiger partial charge is 0.305 e. The molecule has 4 rings (SSSR count). The van der Waals surface area contributed by atoms with Crippen molar-refractivity contribution in [2.24, 2.45) is 52.3 Å². The monoisotopic (exact) mass is 520 g/mol. The third kappa shape index (κ3) is 5.66. The van der Waals surface area contributed by atoms with Crippen molar-refractivity contribution in [1.29, 1.82) is 0 Å². The van der Waals surface area contributed by atoms with Crippen LogP contribution < -0.4 is 0 Å². The number of carbonyl (C=O) groups is 1. The second-order valence-electron chi connectivity index (χ2n) is 14.0. The Labute approximate surface area is 226 Å². The third-order valence-electron chi connectivity index (χ3n) is 12.3. The fourth-order valence-corrected chi connectivity index (χ4v) is 10.3. The van der Waals surface area contributed by atoms with E-state index in [9.17, 15) is 15.0 Å². The molecule has 0 heterocycles. The van der Waals surface area contributed by atoms with Crippen LogP contribution in [0.25, 0.3) is 0 Å². The molecule has 0 aromatic carbocycles. The molecule has 4 aliphatic rings. The molecule has 0 aromatic heterocycles. The average molecular weight is 521 g/mol. The number of aliphatic hydroxyl groups excluding tert-OH is 3. The van der Waals surface area contributed by atoms with E-state index in [0.29, 0.717) is 54.5 Å². The average Bonchev–Trinajstić information content (AvgIpc) is 3.22.